The van der Waals surface area contributed by atoms with Crippen molar-refractivity contribution in [1.82, 2.24) is 0 Å². The van der Waals surface area contributed by atoms with Crippen molar-refractivity contribution in [2.24, 2.45) is 0 Å². The fraction of sp³-hybridized carbons (Fsp3) is 0.179. The van der Waals surface area contributed by atoms with Crippen LogP contribution in [-0.4, -0.2) is 12.9 Å². The van der Waals surface area contributed by atoms with Crippen molar-refractivity contribution in [2.45, 2.75) is 25.8 Å². The van der Waals surface area contributed by atoms with Crippen molar-refractivity contribution >= 4 is 22.2 Å². The van der Waals surface area contributed by atoms with E-state index in [9.17, 15) is 4.79 Å². The number of benzene rings is 4. The number of aryl methyl sites for hydroxylation is 1. The monoisotopic (exact) mass is 409 g/mol. The maximum atomic E-state index is 13.2. The zero-order valence-electron chi connectivity index (χ0n) is 18.0. The number of carbonyl (C=O) groups is 1. The highest BCUT2D eigenvalue weighted by atomic mass is 16.5. The van der Waals surface area contributed by atoms with Gasteiger partial charge in [0.05, 0.1) is 13.2 Å². The van der Waals surface area contributed by atoms with Crippen molar-refractivity contribution in [2.75, 3.05) is 12.4 Å². The van der Waals surface area contributed by atoms with Crippen LogP contribution in [0.4, 0.5) is 5.69 Å². The summed E-state index contributed by atoms with van der Waals surface area (Å²) in [4.78, 5) is 13.2. The molecule has 1 unspecified atom stereocenters. The lowest BCUT2D eigenvalue weighted by Crippen LogP contribution is -2.16. The quantitative estimate of drug-likeness (QED) is 0.324. The van der Waals surface area contributed by atoms with Gasteiger partial charge in [-0.25, -0.2) is 0 Å². The lowest BCUT2D eigenvalue weighted by Gasteiger charge is -2.21. The van der Waals surface area contributed by atoms with E-state index in [0.717, 1.165) is 39.8 Å². The van der Waals surface area contributed by atoms with Crippen LogP contribution in [0.25, 0.3) is 10.8 Å². The summed E-state index contributed by atoms with van der Waals surface area (Å²) in [6.07, 6.45) is 1.36. The largest absolute Gasteiger partial charge is 0.497 e. The second-order valence-electron chi connectivity index (χ2n) is 7.71. The third-order valence-corrected chi connectivity index (χ3v) is 5.68. The predicted molar refractivity (Wildman–Crippen MR) is 128 cm³/mol. The number of hydrogen-bond acceptors (Lipinski definition) is 3. The highest BCUT2D eigenvalue weighted by Gasteiger charge is 2.18. The summed E-state index contributed by atoms with van der Waals surface area (Å²) in [7, 11) is 1.66. The molecule has 0 heterocycles. The Morgan fingerprint density at radius 1 is 0.871 bits per heavy atom. The van der Waals surface area contributed by atoms with Gasteiger partial charge in [-0.05, 0) is 58.7 Å². The molecule has 0 radical (unpaired) electrons. The number of nitrogens with one attached hydrogen (secondary N) is 1. The Morgan fingerprint density at radius 3 is 2.26 bits per heavy atom. The van der Waals surface area contributed by atoms with Crippen LogP contribution in [0.2, 0.25) is 0 Å². The SMILES string of the molecule is CCc1ccc(NC(CC(=O)c2ccc3ccccc3c2)c2ccc(OC)cc2)cc1. The third-order valence-electron chi connectivity index (χ3n) is 5.68. The predicted octanol–water partition coefficient (Wildman–Crippen LogP) is 6.84. The molecular weight excluding hydrogens is 382 g/mol. The van der Waals surface area contributed by atoms with Gasteiger partial charge >= 0.3 is 0 Å². The average Bonchev–Trinajstić information content (AvgIpc) is 2.83. The van der Waals surface area contributed by atoms with Crippen molar-refractivity contribution in [3.63, 3.8) is 0 Å². The highest BCUT2D eigenvalue weighted by molar-refractivity contribution is 6.00. The number of fused-ring (bicyclic) bond motifs is 1. The van der Waals surface area contributed by atoms with Crippen molar-refractivity contribution < 1.29 is 9.53 Å². The number of rotatable bonds is 8. The zero-order valence-corrected chi connectivity index (χ0v) is 18.0. The average molecular weight is 410 g/mol. The molecule has 0 fully saturated rings. The van der Waals surface area contributed by atoms with Gasteiger partial charge in [0.2, 0.25) is 0 Å². The fourth-order valence-corrected chi connectivity index (χ4v) is 3.79. The Labute approximate surface area is 183 Å². The van der Waals surface area contributed by atoms with E-state index in [1.807, 2.05) is 60.7 Å². The summed E-state index contributed by atoms with van der Waals surface area (Å²) < 4.78 is 5.30. The normalized spacial score (nSPS) is 11.8. The molecule has 3 nitrogen and oxygen atoms in total. The smallest absolute Gasteiger partial charge is 0.165 e. The summed E-state index contributed by atoms with van der Waals surface area (Å²) in [6, 6.07) is 30.2. The van der Waals surface area contributed by atoms with Crippen LogP contribution in [0.15, 0.2) is 91.0 Å². The number of hydrogen-bond donors (Lipinski definition) is 1. The molecule has 0 aliphatic carbocycles. The third kappa shape index (κ3) is 4.95. The Morgan fingerprint density at radius 2 is 1.58 bits per heavy atom. The molecule has 0 aromatic heterocycles. The van der Waals surface area contributed by atoms with Crippen LogP contribution < -0.4 is 10.1 Å². The van der Waals surface area contributed by atoms with Crippen LogP contribution in [0, 0.1) is 0 Å². The summed E-state index contributed by atoms with van der Waals surface area (Å²) >= 11 is 0. The van der Waals surface area contributed by atoms with E-state index in [0.29, 0.717) is 6.42 Å². The standard InChI is InChI=1S/C28H27NO2/c1-3-20-8-14-25(15-9-20)29-27(22-12-16-26(31-2)17-13-22)19-28(30)24-11-10-21-6-4-5-7-23(21)18-24/h4-18,27,29H,3,19H2,1-2H3. The molecular formula is C28H27NO2. The molecule has 1 atom stereocenters. The van der Waals surface area contributed by atoms with Gasteiger partial charge in [0.25, 0.3) is 0 Å². The van der Waals surface area contributed by atoms with Crippen LogP contribution in [-0.2, 0) is 6.42 Å². The minimum Gasteiger partial charge on any atom is -0.497 e. The number of ketones is 1. The van der Waals surface area contributed by atoms with Gasteiger partial charge in [0.1, 0.15) is 5.75 Å². The van der Waals surface area contributed by atoms with Gasteiger partial charge in [-0.3, -0.25) is 4.79 Å². The van der Waals surface area contributed by atoms with Crippen LogP contribution in [0.5, 0.6) is 5.75 Å². The molecule has 4 aromatic rings. The molecule has 0 spiro atoms. The number of methoxy groups -OCH3 is 1. The second-order valence-corrected chi connectivity index (χ2v) is 7.71. The molecule has 0 bridgehead atoms. The van der Waals surface area contributed by atoms with E-state index in [1.54, 1.807) is 7.11 Å². The highest BCUT2D eigenvalue weighted by Crippen LogP contribution is 2.27. The molecule has 4 rings (SSSR count). The molecule has 31 heavy (non-hydrogen) atoms. The summed E-state index contributed by atoms with van der Waals surface area (Å²) in [6.45, 7) is 2.14. The van der Waals surface area contributed by atoms with Crippen molar-refractivity contribution in [1.29, 1.82) is 0 Å². The summed E-state index contributed by atoms with van der Waals surface area (Å²) in [5.74, 6) is 0.917. The van der Waals surface area contributed by atoms with E-state index >= 15 is 0 Å². The van der Waals surface area contributed by atoms with E-state index in [1.165, 1.54) is 5.56 Å². The fourth-order valence-electron chi connectivity index (χ4n) is 3.79. The van der Waals surface area contributed by atoms with E-state index < -0.39 is 0 Å². The lowest BCUT2D eigenvalue weighted by molar-refractivity contribution is 0.0976. The summed E-state index contributed by atoms with van der Waals surface area (Å²) in [5, 5.41) is 5.78. The molecule has 0 aliphatic heterocycles. The number of Topliss-reactive ketones (excluding diaryl/α,β-unsaturated/α-hetero) is 1. The van der Waals surface area contributed by atoms with Crippen molar-refractivity contribution in [3.8, 4) is 5.75 Å². The molecule has 0 aliphatic rings. The molecule has 0 saturated carbocycles. The van der Waals surface area contributed by atoms with E-state index in [-0.39, 0.29) is 11.8 Å². The molecule has 0 amide bonds. The second kappa shape index (κ2) is 9.48. The maximum Gasteiger partial charge on any atom is 0.165 e. The molecule has 0 saturated heterocycles. The van der Waals surface area contributed by atoms with Crippen LogP contribution >= 0.6 is 0 Å². The Balaban J connectivity index is 1.60. The van der Waals surface area contributed by atoms with Crippen molar-refractivity contribution in [3.05, 3.63) is 108 Å². The minimum absolute atomic E-state index is 0.115. The van der Waals surface area contributed by atoms with Crippen LogP contribution in [0.3, 0.4) is 0 Å². The zero-order chi connectivity index (χ0) is 21.6. The molecule has 4 aromatic carbocycles. The molecule has 156 valence electrons. The van der Waals surface area contributed by atoms with Gasteiger partial charge in [0, 0.05) is 17.7 Å². The lowest BCUT2D eigenvalue weighted by atomic mass is 9.96. The van der Waals surface area contributed by atoms with Crippen LogP contribution in [0.1, 0.15) is 40.9 Å². The number of ether oxygens (including phenoxy) is 1. The Kier molecular flexibility index (Phi) is 6.32. The Hall–Kier alpha value is -3.59. The Bertz CT molecular complexity index is 1160. The molecule has 1 N–H and O–H groups in total. The number of carbonyl (C=O) groups excluding carboxylic acids is 1. The summed E-state index contributed by atoms with van der Waals surface area (Å²) in [5.41, 5.74) is 4.08. The van der Waals surface area contributed by atoms with E-state index in [2.05, 4.69) is 42.6 Å². The first kappa shape index (κ1) is 20.7. The topological polar surface area (TPSA) is 38.3 Å². The van der Waals surface area contributed by atoms with E-state index in [4.69, 9.17) is 4.74 Å². The van der Waals surface area contributed by atoms with Gasteiger partial charge in [-0.15, -0.1) is 0 Å². The first-order valence-corrected chi connectivity index (χ1v) is 10.7. The first-order valence-electron chi connectivity index (χ1n) is 10.7. The van der Waals surface area contributed by atoms with Gasteiger partial charge < -0.3 is 10.1 Å². The minimum atomic E-state index is -0.141. The maximum absolute atomic E-state index is 13.2. The number of anilines is 1. The molecule has 3 heteroatoms. The van der Waals surface area contributed by atoms with Gasteiger partial charge in [-0.2, -0.15) is 0 Å². The first-order chi connectivity index (χ1) is 15.2. The van der Waals surface area contributed by atoms with Gasteiger partial charge in [-0.1, -0.05) is 67.6 Å². The van der Waals surface area contributed by atoms with Gasteiger partial charge in [0.15, 0.2) is 5.78 Å².